The van der Waals surface area contributed by atoms with E-state index in [1.807, 2.05) is 18.2 Å². The summed E-state index contributed by atoms with van der Waals surface area (Å²) in [4.78, 5) is 11.6. The summed E-state index contributed by atoms with van der Waals surface area (Å²) in [5, 5.41) is 3.81. The largest absolute Gasteiger partial charge is 0.483 e. The summed E-state index contributed by atoms with van der Waals surface area (Å²) in [5.41, 5.74) is 4.36. The maximum atomic E-state index is 11.6. The Kier molecular flexibility index (Phi) is 5.77. The molecule has 0 aliphatic rings. The number of rotatable bonds is 6. The zero-order valence-corrected chi connectivity index (χ0v) is 14.0. The van der Waals surface area contributed by atoms with Gasteiger partial charge in [-0.15, -0.1) is 0 Å². The lowest BCUT2D eigenvalue weighted by atomic mass is 10.0. The van der Waals surface area contributed by atoms with Crippen LogP contribution in [0.4, 0.5) is 0 Å². The third kappa shape index (κ3) is 4.73. The molecule has 0 aliphatic heterocycles. The van der Waals surface area contributed by atoms with E-state index in [9.17, 15) is 4.79 Å². The zero-order chi connectivity index (χ0) is 15.9. The van der Waals surface area contributed by atoms with E-state index in [0.717, 1.165) is 10.0 Å². The first kappa shape index (κ1) is 16.3. The highest BCUT2D eigenvalue weighted by atomic mass is 79.9. The summed E-state index contributed by atoms with van der Waals surface area (Å²) in [5.74, 6) is 0.726. The van der Waals surface area contributed by atoms with Crippen LogP contribution in [-0.2, 0) is 4.79 Å². The predicted octanol–water partition coefficient (Wildman–Crippen LogP) is 3.69. The molecule has 1 heterocycles. The monoisotopic (exact) mass is 364 g/mol. The lowest BCUT2D eigenvalue weighted by molar-refractivity contribution is -0.123. The molecule has 6 heteroatoms. The van der Waals surface area contributed by atoms with E-state index in [1.165, 1.54) is 24.3 Å². The van der Waals surface area contributed by atoms with Crippen LogP contribution in [0.1, 0.15) is 30.9 Å². The number of ether oxygens (including phenoxy) is 1. The number of nitrogens with zero attached hydrogens (tertiary/aromatic N) is 1. The SMILES string of the molecule is CC(C)c1ccc(OCC(=O)N/N=C/c2ccoc2)c(Br)c1. The number of hydrogen-bond donors (Lipinski definition) is 1. The molecule has 1 aromatic carbocycles. The van der Waals surface area contributed by atoms with Crippen LogP contribution >= 0.6 is 15.9 Å². The Morgan fingerprint density at radius 1 is 1.45 bits per heavy atom. The first-order valence-corrected chi connectivity index (χ1v) is 7.62. The molecule has 1 N–H and O–H groups in total. The van der Waals surface area contributed by atoms with Gasteiger partial charge in [0.05, 0.1) is 23.2 Å². The summed E-state index contributed by atoms with van der Waals surface area (Å²) < 4.78 is 11.2. The second-order valence-electron chi connectivity index (χ2n) is 4.98. The van der Waals surface area contributed by atoms with Gasteiger partial charge in [0.1, 0.15) is 5.75 Å². The van der Waals surface area contributed by atoms with Gasteiger partial charge < -0.3 is 9.15 Å². The molecule has 2 aromatic rings. The summed E-state index contributed by atoms with van der Waals surface area (Å²) in [7, 11) is 0. The Balaban J connectivity index is 1.83. The first-order valence-electron chi connectivity index (χ1n) is 6.82. The number of benzene rings is 1. The second kappa shape index (κ2) is 7.79. The predicted molar refractivity (Wildman–Crippen MR) is 88.2 cm³/mol. The van der Waals surface area contributed by atoms with Crippen molar-refractivity contribution in [1.29, 1.82) is 0 Å². The Bertz CT molecular complexity index is 651. The molecule has 2 rings (SSSR count). The van der Waals surface area contributed by atoms with Crippen molar-refractivity contribution in [2.24, 2.45) is 5.10 Å². The summed E-state index contributed by atoms with van der Waals surface area (Å²) >= 11 is 3.45. The number of hydrogen-bond acceptors (Lipinski definition) is 4. The van der Waals surface area contributed by atoms with Crippen LogP contribution in [0, 0.1) is 0 Å². The topological polar surface area (TPSA) is 63.8 Å². The highest BCUT2D eigenvalue weighted by Gasteiger charge is 2.07. The van der Waals surface area contributed by atoms with Gasteiger partial charge >= 0.3 is 0 Å². The molecule has 1 aromatic heterocycles. The quantitative estimate of drug-likeness (QED) is 0.627. The number of hydrazone groups is 1. The van der Waals surface area contributed by atoms with Gasteiger partial charge in [0.25, 0.3) is 5.91 Å². The van der Waals surface area contributed by atoms with Crippen LogP contribution in [0.3, 0.4) is 0 Å². The van der Waals surface area contributed by atoms with Crippen LogP contribution in [0.5, 0.6) is 5.75 Å². The summed E-state index contributed by atoms with van der Waals surface area (Å²) in [6.45, 7) is 4.13. The van der Waals surface area contributed by atoms with Crippen LogP contribution in [0.25, 0.3) is 0 Å². The molecule has 0 saturated heterocycles. The van der Waals surface area contributed by atoms with E-state index >= 15 is 0 Å². The molecule has 0 fully saturated rings. The van der Waals surface area contributed by atoms with E-state index < -0.39 is 0 Å². The zero-order valence-electron chi connectivity index (χ0n) is 12.4. The van der Waals surface area contributed by atoms with Crippen LogP contribution in [-0.4, -0.2) is 18.7 Å². The molecule has 0 spiro atoms. The molecule has 0 aliphatic carbocycles. The van der Waals surface area contributed by atoms with Gasteiger partial charge in [0, 0.05) is 5.56 Å². The highest BCUT2D eigenvalue weighted by molar-refractivity contribution is 9.10. The van der Waals surface area contributed by atoms with Gasteiger partial charge in [-0.25, -0.2) is 5.43 Å². The number of amides is 1. The smallest absolute Gasteiger partial charge is 0.277 e. The van der Waals surface area contributed by atoms with Crippen molar-refractivity contribution in [2.75, 3.05) is 6.61 Å². The Hall–Kier alpha value is -2.08. The highest BCUT2D eigenvalue weighted by Crippen LogP contribution is 2.28. The van der Waals surface area contributed by atoms with Crippen molar-refractivity contribution < 1.29 is 13.9 Å². The Morgan fingerprint density at radius 2 is 2.27 bits per heavy atom. The van der Waals surface area contributed by atoms with Crippen molar-refractivity contribution in [3.05, 3.63) is 52.4 Å². The van der Waals surface area contributed by atoms with E-state index in [2.05, 4.69) is 40.3 Å². The van der Waals surface area contributed by atoms with Gasteiger partial charge in [0.2, 0.25) is 0 Å². The van der Waals surface area contributed by atoms with Crippen molar-refractivity contribution >= 4 is 28.1 Å². The minimum absolute atomic E-state index is 0.109. The summed E-state index contributed by atoms with van der Waals surface area (Å²) in [6.07, 6.45) is 4.55. The minimum Gasteiger partial charge on any atom is -0.483 e. The molecule has 0 unspecified atom stereocenters. The molecule has 0 atom stereocenters. The molecular formula is C16H17BrN2O3. The molecule has 0 saturated carbocycles. The fourth-order valence-corrected chi connectivity index (χ4v) is 2.21. The van der Waals surface area contributed by atoms with Crippen LogP contribution < -0.4 is 10.2 Å². The number of nitrogens with one attached hydrogen (secondary N) is 1. The van der Waals surface area contributed by atoms with E-state index in [0.29, 0.717) is 11.7 Å². The molecule has 1 amide bonds. The molecule has 22 heavy (non-hydrogen) atoms. The number of furan rings is 1. The van der Waals surface area contributed by atoms with E-state index in [4.69, 9.17) is 9.15 Å². The van der Waals surface area contributed by atoms with Gasteiger partial charge in [-0.05, 0) is 45.6 Å². The van der Waals surface area contributed by atoms with Crippen molar-refractivity contribution in [3.63, 3.8) is 0 Å². The Labute approximate surface area is 137 Å². The number of halogens is 1. The normalized spacial score (nSPS) is 11.1. The third-order valence-electron chi connectivity index (χ3n) is 2.93. The maximum absolute atomic E-state index is 11.6. The van der Waals surface area contributed by atoms with E-state index in [-0.39, 0.29) is 12.5 Å². The number of carbonyl (C=O) groups excluding carboxylic acids is 1. The van der Waals surface area contributed by atoms with Gasteiger partial charge in [0.15, 0.2) is 6.61 Å². The lowest BCUT2D eigenvalue weighted by Gasteiger charge is -2.10. The Morgan fingerprint density at radius 3 is 2.91 bits per heavy atom. The van der Waals surface area contributed by atoms with Gasteiger partial charge in [-0.2, -0.15) is 5.10 Å². The van der Waals surface area contributed by atoms with Gasteiger partial charge in [-0.1, -0.05) is 19.9 Å². The maximum Gasteiger partial charge on any atom is 0.277 e. The van der Waals surface area contributed by atoms with Crippen molar-refractivity contribution in [1.82, 2.24) is 5.43 Å². The molecule has 116 valence electrons. The average Bonchev–Trinajstić information content (AvgIpc) is 2.99. The molecule has 0 bridgehead atoms. The van der Waals surface area contributed by atoms with Crippen molar-refractivity contribution in [3.8, 4) is 5.75 Å². The third-order valence-corrected chi connectivity index (χ3v) is 3.55. The van der Waals surface area contributed by atoms with Crippen LogP contribution in [0.2, 0.25) is 0 Å². The van der Waals surface area contributed by atoms with E-state index in [1.54, 1.807) is 6.07 Å². The average molecular weight is 365 g/mol. The van der Waals surface area contributed by atoms with Crippen molar-refractivity contribution in [2.45, 2.75) is 19.8 Å². The first-order chi connectivity index (χ1) is 10.6. The molecule has 5 nitrogen and oxygen atoms in total. The number of carbonyl (C=O) groups is 1. The fraction of sp³-hybridized carbons (Fsp3) is 0.250. The lowest BCUT2D eigenvalue weighted by Crippen LogP contribution is -2.24. The summed E-state index contributed by atoms with van der Waals surface area (Å²) in [6, 6.07) is 7.57. The second-order valence-corrected chi connectivity index (χ2v) is 5.84. The van der Waals surface area contributed by atoms with Crippen LogP contribution in [0.15, 0.2) is 50.8 Å². The fourth-order valence-electron chi connectivity index (χ4n) is 1.70. The van der Waals surface area contributed by atoms with Gasteiger partial charge in [-0.3, -0.25) is 4.79 Å². The standard InChI is InChI=1S/C16H17BrN2O3/c1-11(2)13-3-4-15(14(17)7-13)22-10-16(20)19-18-8-12-5-6-21-9-12/h3-9,11H,10H2,1-2H3,(H,19,20)/b18-8+. The molecule has 0 radical (unpaired) electrons. The minimum atomic E-state index is -0.334. The molecular weight excluding hydrogens is 348 g/mol.